The minimum atomic E-state index is -2.00. The van der Waals surface area contributed by atoms with E-state index in [0.29, 0.717) is 5.56 Å². The number of halogens is 1. The van der Waals surface area contributed by atoms with Crippen LogP contribution in [0.1, 0.15) is 17.2 Å². The zero-order valence-corrected chi connectivity index (χ0v) is 11.2. The van der Waals surface area contributed by atoms with E-state index in [1.165, 1.54) is 6.07 Å². The Balaban J connectivity index is 3.22. The van der Waals surface area contributed by atoms with Gasteiger partial charge in [-0.15, -0.1) is 0 Å². The normalized spacial score (nSPS) is 11.9. The number of carboxylic acids is 1. The van der Waals surface area contributed by atoms with Gasteiger partial charge < -0.3 is 10.2 Å². The second-order valence-electron chi connectivity index (χ2n) is 3.74. The van der Waals surface area contributed by atoms with Gasteiger partial charge in [0.25, 0.3) is 5.69 Å². The summed E-state index contributed by atoms with van der Waals surface area (Å²) in [5.74, 6) is -1.75. The number of aliphatic hydroxyl groups is 1. The zero-order chi connectivity index (χ0) is 14.6. The molecule has 0 spiro atoms. The van der Waals surface area contributed by atoms with Crippen molar-refractivity contribution < 1.29 is 24.7 Å². The molecule has 0 aliphatic heterocycles. The molecule has 7 nitrogen and oxygen atoms in total. The van der Waals surface area contributed by atoms with E-state index in [4.69, 9.17) is 5.11 Å². The number of carbonyl (C=O) groups excluding carboxylic acids is 1. The molecule has 1 atom stereocenters. The number of hydrogen-bond acceptors (Lipinski definition) is 5. The van der Waals surface area contributed by atoms with Crippen molar-refractivity contribution in [2.45, 2.75) is 12.5 Å². The minimum absolute atomic E-state index is 0.00256. The Morgan fingerprint density at radius 2 is 2.05 bits per heavy atom. The van der Waals surface area contributed by atoms with E-state index in [2.05, 4.69) is 15.9 Å². The predicted octanol–water partition coefficient (Wildman–Crippen LogP) is 1.22. The van der Waals surface area contributed by atoms with Crippen LogP contribution in [0, 0.1) is 10.1 Å². The first-order valence-electron chi connectivity index (χ1n) is 5.12. The minimum Gasteiger partial charge on any atom is -0.479 e. The number of hydrogen-bond donors (Lipinski definition) is 2. The highest BCUT2D eigenvalue weighted by atomic mass is 79.9. The number of carboxylic acid groups (broad SMARTS) is 1. The molecule has 0 aliphatic carbocycles. The quantitative estimate of drug-likeness (QED) is 0.459. The lowest BCUT2D eigenvalue weighted by Gasteiger charge is -2.08. The SMILES string of the molecule is O=C(CBr)Cc1ccc([N+](=O)[O-])c(C(O)C(=O)O)c1. The maximum Gasteiger partial charge on any atom is 0.337 e. The highest BCUT2D eigenvalue weighted by Gasteiger charge is 2.26. The molecule has 0 aliphatic rings. The standard InChI is InChI=1S/C11H10BrNO6/c12-5-7(14)3-6-1-2-9(13(18)19)8(4-6)10(15)11(16)17/h1-2,4,10,15H,3,5H2,(H,16,17). The Morgan fingerprint density at radius 1 is 1.42 bits per heavy atom. The number of nitro benzene ring substituents is 1. The highest BCUT2D eigenvalue weighted by Crippen LogP contribution is 2.27. The molecule has 8 heteroatoms. The number of nitrogens with zero attached hydrogens (tertiary/aromatic N) is 1. The first-order valence-corrected chi connectivity index (χ1v) is 6.24. The van der Waals surface area contributed by atoms with Crippen molar-refractivity contribution in [2.24, 2.45) is 0 Å². The number of Topliss-reactive ketones (excluding diaryl/α,β-unsaturated/α-hetero) is 1. The summed E-state index contributed by atoms with van der Waals surface area (Å²) in [5, 5.41) is 29.1. The van der Waals surface area contributed by atoms with Crippen LogP contribution in [0.3, 0.4) is 0 Å². The Labute approximate surface area is 116 Å². The summed E-state index contributed by atoms with van der Waals surface area (Å²) in [4.78, 5) is 32.0. The van der Waals surface area contributed by atoms with Gasteiger partial charge in [-0.1, -0.05) is 22.0 Å². The molecule has 19 heavy (non-hydrogen) atoms. The number of rotatable bonds is 6. The van der Waals surface area contributed by atoms with Crippen LogP contribution in [0.5, 0.6) is 0 Å². The molecule has 102 valence electrons. The molecule has 0 heterocycles. The molecule has 0 saturated carbocycles. The fraction of sp³-hybridized carbons (Fsp3) is 0.273. The van der Waals surface area contributed by atoms with Gasteiger partial charge in [0.1, 0.15) is 5.78 Å². The van der Waals surface area contributed by atoms with E-state index in [9.17, 15) is 24.8 Å². The number of ketones is 1. The third-order valence-corrected chi connectivity index (χ3v) is 2.99. The van der Waals surface area contributed by atoms with E-state index in [-0.39, 0.29) is 23.1 Å². The molecule has 2 N–H and O–H groups in total. The van der Waals surface area contributed by atoms with Gasteiger partial charge >= 0.3 is 5.97 Å². The lowest BCUT2D eigenvalue weighted by Crippen LogP contribution is -2.13. The van der Waals surface area contributed by atoms with Gasteiger partial charge in [-0.05, 0) is 11.6 Å². The molecule has 1 aromatic rings. The van der Waals surface area contributed by atoms with Crippen molar-refractivity contribution in [1.29, 1.82) is 0 Å². The van der Waals surface area contributed by atoms with E-state index in [1.807, 2.05) is 0 Å². The molecular formula is C11H10BrNO6. The maximum atomic E-state index is 11.3. The van der Waals surface area contributed by atoms with Gasteiger partial charge in [-0.25, -0.2) is 4.79 Å². The van der Waals surface area contributed by atoms with Crippen molar-refractivity contribution in [3.05, 3.63) is 39.4 Å². The summed E-state index contributed by atoms with van der Waals surface area (Å²) >= 11 is 2.98. The Bertz CT molecular complexity index is 530. The van der Waals surface area contributed by atoms with Crippen LogP contribution in [-0.2, 0) is 16.0 Å². The number of benzene rings is 1. The average molecular weight is 332 g/mol. The van der Waals surface area contributed by atoms with E-state index < -0.39 is 22.7 Å². The molecule has 1 rings (SSSR count). The Kier molecular flexibility index (Phi) is 5.13. The van der Waals surface area contributed by atoms with Crippen molar-refractivity contribution in [2.75, 3.05) is 5.33 Å². The van der Waals surface area contributed by atoms with E-state index in [0.717, 1.165) is 12.1 Å². The van der Waals surface area contributed by atoms with Crippen LogP contribution in [0.4, 0.5) is 5.69 Å². The maximum absolute atomic E-state index is 11.3. The molecule has 0 fully saturated rings. The summed E-state index contributed by atoms with van der Waals surface area (Å²) in [6.07, 6.45) is -2.00. The molecule has 1 aromatic carbocycles. The number of nitro groups is 1. The lowest BCUT2D eigenvalue weighted by molar-refractivity contribution is -0.386. The number of aliphatic carboxylic acids is 1. The van der Waals surface area contributed by atoms with Crippen LogP contribution < -0.4 is 0 Å². The van der Waals surface area contributed by atoms with Gasteiger partial charge in [0.15, 0.2) is 6.10 Å². The molecule has 0 aromatic heterocycles. The second-order valence-corrected chi connectivity index (χ2v) is 4.30. The zero-order valence-electron chi connectivity index (χ0n) is 9.58. The van der Waals surface area contributed by atoms with Gasteiger partial charge in [-0.3, -0.25) is 14.9 Å². The fourth-order valence-corrected chi connectivity index (χ4v) is 1.71. The van der Waals surface area contributed by atoms with Gasteiger partial charge in [0.2, 0.25) is 0 Å². The fourth-order valence-electron chi connectivity index (χ4n) is 1.51. The molecule has 1 unspecified atom stereocenters. The van der Waals surface area contributed by atoms with E-state index >= 15 is 0 Å². The van der Waals surface area contributed by atoms with Crippen molar-refractivity contribution in [3.8, 4) is 0 Å². The van der Waals surface area contributed by atoms with Crippen LogP contribution in [-0.4, -0.2) is 32.2 Å². The molecule has 0 bridgehead atoms. The summed E-state index contributed by atoms with van der Waals surface area (Å²) in [6.45, 7) is 0. The molecule has 0 amide bonds. The summed E-state index contributed by atoms with van der Waals surface area (Å²) in [7, 11) is 0. The first-order chi connectivity index (χ1) is 8.86. The number of aliphatic hydroxyl groups excluding tert-OH is 1. The van der Waals surface area contributed by atoms with Gasteiger partial charge in [0.05, 0.1) is 15.8 Å². The summed E-state index contributed by atoms with van der Waals surface area (Å²) in [5.41, 5.74) is -0.423. The largest absolute Gasteiger partial charge is 0.479 e. The summed E-state index contributed by atoms with van der Waals surface area (Å²) < 4.78 is 0. The number of carbonyl (C=O) groups is 2. The van der Waals surface area contributed by atoms with E-state index in [1.54, 1.807) is 0 Å². The van der Waals surface area contributed by atoms with Crippen molar-refractivity contribution in [1.82, 2.24) is 0 Å². The molecular weight excluding hydrogens is 322 g/mol. The van der Waals surface area contributed by atoms with Crippen molar-refractivity contribution in [3.63, 3.8) is 0 Å². The van der Waals surface area contributed by atoms with Gasteiger partial charge in [-0.2, -0.15) is 0 Å². The number of alkyl halides is 1. The average Bonchev–Trinajstić information content (AvgIpc) is 2.37. The van der Waals surface area contributed by atoms with Gasteiger partial charge in [0, 0.05) is 12.5 Å². The Hall–Kier alpha value is -1.80. The smallest absolute Gasteiger partial charge is 0.337 e. The highest BCUT2D eigenvalue weighted by molar-refractivity contribution is 9.09. The molecule has 0 radical (unpaired) electrons. The molecule has 0 saturated heterocycles. The third kappa shape index (κ3) is 3.83. The second kappa shape index (κ2) is 6.39. The topological polar surface area (TPSA) is 118 Å². The van der Waals surface area contributed by atoms with Crippen molar-refractivity contribution >= 4 is 33.4 Å². The predicted molar refractivity (Wildman–Crippen MR) is 68.2 cm³/mol. The lowest BCUT2D eigenvalue weighted by atomic mass is 10.0. The van der Waals surface area contributed by atoms with Crippen LogP contribution in [0.2, 0.25) is 0 Å². The van der Waals surface area contributed by atoms with Crippen LogP contribution in [0.25, 0.3) is 0 Å². The monoisotopic (exact) mass is 331 g/mol. The van der Waals surface area contributed by atoms with Crippen LogP contribution >= 0.6 is 15.9 Å². The summed E-state index contributed by atoms with van der Waals surface area (Å²) in [6, 6.07) is 3.60. The van der Waals surface area contributed by atoms with Crippen LogP contribution in [0.15, 0.2) is 18.2 Å². The third-order valence-electron chi connectivity index (χ3n) is 2.37. The Morgan fingerprint density at radius 3 is 2.53 bits per heavy atom. The first kappa shape index (κ1) is 15.3.